The van der Waals surface area contributed by atoms with Crippen LogP contribution >= 0.6 is 34.8 Å². The highest BCUT2D eigenvalue weighted by Gasteiger charge is 2.34. The number of hydrogen-bond donors (Lipinski definition) is 1. The second-order valence-electron chi connectivity index (χ2n) is 9.36. The number of carbonyl (C=O) groups is 2. The number of benzene rings is 3. The van der Waals surface area contributed by atoms with Crippen LogP contribution in [0.5, 0.6) is 5.75 Å². The Balaban J connectivity index is 2.12. The van der Waals surface area contributed by atoms with Gasteiger partial charge < -0.3 is 15.0 Å². The smallest absolute Gasteiger partial charge is 0.264 e. The summed E-state index contributed by atoms with van der Waals surface area (Å²) < 4.78 is 34.3. The SMILES string of the molecule is CC[C@@H](C)NC(=O)[C@H](C)N(Cc1c(Cl)cccc1Cl)C(=O)CN(c1cc(Cl)ccc1OC)S(=O)(=O)c1ccccc1. The summed E-state index contributed by atoms with van der Waals surface area (Å²) in [5.41, 5.74) is 0.481. The molecule has 1 N–H and O–H groups in total. The Morgan fingerprint density at radius 1 is 0.951 bits per heavy atom. The van der Waals surface area contributed by atoms with Gasteiger partial charge in [0.2, 0.25) is 11.8 Å². The van der Waals surface area contributed by atoms with Crippen LogP contribution in [0.1, 0.15) is 32.8 Å². The maximum atomic E-state index is 14.1. The number of rotatable bonds is 12. The Kier molecular flexibility index (Phi) is 11.3. The lowest BCUT2D eigenvalue weighted by Crippen LogP contribution is -2.52. The maximum absolute atomic E-state index is 14.1. The number of sulfonamides is 1. The number of methoxy groups -OCH3 is 1. The van der Waals surface area contributed by atoms with Gasteiger partial charge >= 0.3 is 0 Å². The predicted molar refractivity (Wildman–Crippen MR) is 163 cm³/mol. The van der Waals surface area contributed by atoms with Gasteiger partial charge in [-0.15, -0.1) is 0 Å². The second kappa shape index (κ2) is 14.3. The summed E-state index contributed by atoms with van der Waals surface area (Å²) in [6.45, 7) is 4.53. The largest absolute Gasteiger partial charge is 0.495 e. The molecule has 8 nitrogen and oxygen atoms in total. The molecule has 3 aromatic rings. The molecule has 0 saturated carbocycles. The summed E-state index contributed by atoms with van der Waals surface area (Å²) in [6.07, 6.45) is 0.681. The van der Waals surface area contributed by atoms with Crippen LogP contribution in [-0.2, 0) is 26.2 Å². The summed E-state index contributed by atoms with van der Waals surface area (Å²) in [4.78, 5) is 28.5. The Bertz CT molecular complexity index is 1470. The number of nitrogens with one attached hydrogen (secondary N) is 1. The lowest BCUT2D eigenvalue weighted by molar-refractivity contribution is -0.139. The van der Waals surface area contributed by atoms with E-state index in [1.165, 1.54) is 36.3 Å². The molecular formula is C29H32Cl3N3O5S. The van der Waals surface area contributed by atoms with Crippen LogP contribution in [0.3, 0.4) is 0 Å². The monoisotopic (exact) mass is 639 g/mol. The fourth-order valence-electron chi connectivity index (χ4n) is 3.99. The standard InChI is InChI=1S/C29H32Cl3N3O5S/c1-5-19(2)33-29(37)20(3)34(17-23-24(31)12-9-13-25(23)32)28(36)18-35(26-16-21(30)14-15-27(26)40-4)41(38,39)22-10-7-6-8-11-22/h6-16,19-20H,5,17-18H2,1-4H3,(H,33,37)/t19-,20+/m1/s1. The van der Waals surface area contributed by atoms with E-state index < -0.39 is 34.4 Å². The zero-order valence-electron chi connectivity index (χ0n) is 23.1. The molecule has 0 aliphatic heterocycles. The lowest BCUT2D eigenvalue weighted by Gasteiger charge is -2.33. The minimum Gasteiger partial charge on any atom is -0.495 e. The first-order valence-electron chi connectivity index (χ1n) is 12.8. The van der Waals surface area contributed by atoms with Crippen LogP contribution in [-0.4, -0.2) is 50.9 Å². The minimum atomic E-state index is -4.30. The molecule has 0 aliphatic rings. The highest BCUT2D eigenvalue weighted by atomic mass is 35.5. The van der Waals surface area contributed by atoms with Crippen LogP contribution < -0.4 is 14.4 Å². The first-order valence-corrected chi connectivity index (χ1v) is 15.4. The first-order chi connectivity index (χ1) is 19.4. The van der Waals surface area contributed by atoms with Crippen molar-refractivity contribution in [3.8, 4) is 5.75 Å². The number of ether oxygens (including phenoxy) is 1. The van der Waals surface area contributed by atoms with E-state index in [-0.39, 0.29) is 33.9 Å². The zero-order valence-corrected chi connectivity index (χ0v) is 26.2. The fourth-order valence-corrected chi connectivity index (χ4v) is 6.11. The molecule has 2 amide bonds. The number of halogens is 3. The Hall–Kier alpha value is -2.98. The first kappa shape index (κ1) is 32.5. The highest BCUT2D eigenvalue weighted by molar-refractivity contribution is 7.92. The normalized spacial score (nSPS) is 12.8. The van der Waals surface area contributed by atoms with Crippen LogP contribution in [0.4, 0.5) is 5.69 Å². The van der Waals surface area contributed by atoms with Gasteiger partial charge in [-0.05, 0) is 62.7 Å². The van der Waals surface area contributed by atoms with Crippen molar-refractivity contribution in [1.29, 1.82) is 0 Å². The highest BCUT2D eigenvalue weighted by Crippen LogP contribution is 2.35. The third kappa shape index (κ3) is 7.86. The third-order valence-corrected chi connectivity index (χ3v) is 9.30. The van der Waals surface area contributed by atoms with Gasteiger partial charge in [-0.1, -0.05) is 66.0 Å². The molecule has 0 radical (unpaired) electrons. The van der Waals surface area contributed by atoms with Crippen molar-refractivity contribution in [2.45, 2.75) is 50.7 Å². The van der Waals surface area contributed by atoms with E-state index in [4.69, 9.17) is 39.5 Å². The number of hydrogen-bond acceptors (Lipinski definition) is 5. The summed E-state index contributed by atoms with van der Waals surface area (Å²) >= 11 is 19.1. The van der Waals surface area contributed by atoms with E-state index in [0.29, 0.717) is 22.0 Å². The predicted octanol–water partition coefficient (Wildman–Crippen LogP) is 6.18. The molecule has 220 valence electrons. The van der Waals surface area contributed by atoms with E-state index in [9.17, 15) is 18.0 Å². The van der Waals surface area contributed by atoms with Gasteiger partial charge in [-0.25, -0.2) is 8.42 Å². The molecule has 0 unspecified atom stereocenters. The van der Waals surface area contributed by atoms with Crippen molar-refractivity contribution in [3.05, 3.63) is 87.4 Å². The number of carbonyl (C=O) groups excluding carboxylic acids is 2. The number of amides is 2. The van der Waals surface area contributed by atoms with Crippen LogP contribution in [0, 0.1) is 0 Å². The van der Waals surface area contributed by atoms with Crippen molar-refractivity contribution in [2.75, 3.05) is 18.0 Å². The van der Waals surface area contributed by atoms with Crippen LogP contribution in [0.25, 0.3) is 0 Å². The van der Waals surface area contributed by atoms with Crippen molar-refractivity contribution < 1.29 is 22.7 Å². The molecule has 41 heavy (non-hydrogen) atoms. The van der Waals surface area contributed by atoms with Gasteiger partial charge in [0.15, 0.2) is 0 Å². The molecule has 0 aromatic heterocycles. The Labute approximate surface area is 256 Å². The quantitative estimate of drug-likeness (QED) is 0.255. The lowest BCUT2D eigenvalue weighted by atomic mass is 10.1. The molecule has 12 heteroatoms. The van der Waals surface area contributed by atoms with E-state index >= 15 is 0 Å². The average Bonchev–Trinajstić information content (AvgIpc) is 2.95. The molecule has 0 aliphatic carbocycles. The molecule has 0 heterocycles. The zero-order chi connectivity index (χ0) is 30.3. The number of anilines is 1. The van der Waals surface area contributed by atoms with E-state index in [0.717, 1.165) is 4.31 Å². The molecular weight excluding hydrogens is 609 g/mol. The van der Waals surface area contributed by atoms with E-state index in [1.807, 2.05) is 13.8 Å². The summed E-state index contributed by atoms with van der Waals surface area (Å²) in [7, 11) is -2.91. The minimum absolute atomic E-state index is 0.0434. The third-order valence-electron chi connectivity index (χ3n) is 6.58. The molecule has 2 atom stereocenters. The number of nitrogens with zero attached hydrogens (tertiary/aromatic N) is 2. The van der Waals surface area contributed by atoms with Gasteiger partial charge in [-0.3, -0.25) is 13.9 Å². The van der Waals surface area contributed by atoms with Gasteiger partial charge in [0, 0.05) is 33.2 Å². The van der Waals surface area contributed by atoms with Crippen molar-refractivity contribution in [3.63, 3.8) is 0 Å². The summed E-state index contributed by atoms with van der Waals surface area (Å²) in [5.74, 6) is -0.895. The molecule has 3 aromatic carbocycles. The Morgan fingerprint density at radius 2 is 1.59 bits per heavy atom. The van der Waals surface area contributed by atoms with Gasteiger partial charge in [0.05, 0.1) is 17.7 Å². The topological polar surface area (TPSA) is 96.0 Å². The fraction of sp³-hybridized carbons (Fsp3) is 0.310. The van der Waals surface area contributed by atoms with Crippen molar-refractivity contribution in [2.24, 2.45) is 0 Å². The van der Waals surface area contributed by atoms with Gasteiger partial charge in [0.25, 0.3) is 10.0 Å². The van der Waals surface area contributed by atoms with Crippen molar-refractivity contribution in [1.82, 2.24) is 10.2 Å². The maximum Gasteiger partial charge on any atom is 0.264 e. The average molecular weight is 641 g/mol. The molecule has 3 rings (SSSR count). The van der Waals surface area contributed by atoms with Crippen LogP contribution in [0.2, 0.25) is 15.1 Å². The van der Waals surface area contributed by atoms with E-state index in [1.54, 1.807) is 49.4 Å². The molecule has 0 saturated heterocycles. The van der Waals surface area contributed by atoms with E-state index in [2.05, 4.69) is 5.32 Å². The van der Waals surface area contributed by atoms with Gasteiger partial charge in [0.1, 0.15) is 18.3 Å². The molecule has 0 spiro atoms. The summed E-state index contributed by atoms with van der Waals surface area (Å²) in [5, 5.41) is 3.72. The van der Waals surface area contributed by atoms with Crippen LogP contribution in [0.15, 0.2) is 71.6 Å². The van der Waals surface area contributed by atoms with Crippen molar-refractivity contribution >= 4 is 62.3 Å². The molecule has 0 fully saturated rings. The second-order valence-corrected chi connectivity index (χ2v) is 12.5. The van der Waals surface area contributed by atoms with Gasteiger partial charge in [-0.2, -0.15) is 0 Å². The molecule has 0 bridgehead atoms. The Morgan fingerprint density at radius 3 is 2.17 bits per heavy atom. The summed E-state index contributed by atoms with van der Waals surface area (Å²) in [6, 6.07) is 15.9.